The fourth-order valence-corrected chi connectivity index (χ4v) is 3.86. The van der Waals surface area contributed by atoms with E-state index in [0.717, 1.165) is 22.0 Å². The maximum absolute atomic E-state index is 13.1. The Hall–Kier alpha value is -2.92. The number of nitrogens with zero attached hydrogens (tertiary/aromatic N) is 3. The topological polar surface area (TPSA) is 47.8 Å². The van der Waals surface area contributed by atoms with Crippen LogP contribution < -0.4 is 5.56 Å². The number of thioether (sulfide) groups is 1. The Morgan fingerprint density at radius 1 is 0.963 bits per heavy atom. The number of rotatable bonds is 5. The first-order valence-electron chi connectivity index (χ1n) is 8.77. The van der Waals surface area contributed by atoms with Crippen LogP contribution in [0.3, 0.4) is 0 Å². The monoisotopic (exact) mass is 373 g/mol. The molecule has 0 spiro atoms. The first-order chi connectivity index (χ1) is 13.2. The van der Waals surface area contributed by atoms with Gasteiger partial charge >= 0.3 is 0 Å². The fourth-order valence-electron chi connectivity index (χ4n) is 2.90. The second-order valence-corrected chi connectivity index (χ2v) is 7.38. The van der Waals surface area contributed by atoms with Crippen molar-refractivity contribution < 1.29 is 0 Å². The molecule has 27 heavy (non-hydrogen) atoms. The zero-order valence-electron chi connectivity index (χ0n) is 15.0. The van der Waals surface area contributed by atoms with E-state index >= 15 is 0 Å². The second-order valence-electron chi connectivity index (χ2n) is 6.44. The van der Waals surface area contributed by atoms with Crippen LogP contribution >= 0.6 is 11.8 Å². The van der Waals surface area contributed by atoms with E-state index in [0.29, 0.717) is 11.9 Å². The van der Waals surface area contributed by atoms with Crippen molar-refractivity contribution in [3.63, 3.8) is 0 Å². The van der Waals surface area contributed by atoms with E-state index in [1.165, 1.54) is 11.1 Å². The van der Waals surface area contributed by atoms with Gasteiger partial charge in [-0.3, -0.25) is 14.3 Å². The van der Waals surface area contributed by atoms with E-state index in [4.69, 9.17) is 4.98 Å². The first kappa shape index (κ1) is 17.5. The number of aryl methyl sites for hydroxylation is 1. The standard InChI is InChI=1S/C22H19N3OS/c1-16-8-10-17(11-9-16)15-27-22-24-20-7-3-2-6-19(20)21(26)25(22)14-18-5-4-12-23-13-18/h2-13H,14-15H2,1H3. The molecule has 0 fully saturated rings. The summed E-state index contributed by atoms with van der Waals surface area (Å²) in [5, 5.41) is 1.37. The van der Waals surface area contributed by atoms with Crippen molar-refractivity contribution in [2.45, 2.75) is 24.4 Å². The molecule has 2 heterocycles. The quantitative estimate of drug-likeness (QED) is 0.383. The minimum Gasteiger partial charge on any atom is -0.283 e. The van der Waals surface area contributed by atoms with E-state index in [-0.39, 0.29) is 5.56 Å². The molecule has 2 aromatic carbocycles. The Kier molecular flexibility index (Phi) is 5.03. The molecule has 0 aliphatic rings. The molecule has 0 saturated carbocycles. The molecule has 4 nitrogen and oxygen atoms in total. The van der Waals surface area contributed by atoms with Gasteiger partial charge in [-0.05, 0) is 36.2 Å². The molecule has 4 rings (SSSR count). The first-order valence-corrected chi connectivity index (χ1v) is 9.76. The highest BCUT2D eigenvalue weighted by molar-refractivity contribution is 7.98. The van der Waals surface area contributed by atoms with E-state index in [1.54, 1.807) is 28.7 Å². The van der Waals surface area contributed by atoms with Gasteiger partial charge in [0, 0.05) is 18.1 Å². The summed E-state index contributed by atoms with van der Waals surface area (Å²) in [6.07, 6.45) is 3.52. The third-order valence-electron chi connectivity index (χ3n) is 4.38. The normalized spacial score (nSPS) is 11.0. The number of hydrogen-bond acceptors (Lipinski definition) is 4. The molecule has 4 aromatic rings. The minimum absolute atomic E-state index is 0.0177. The van der Waals surface area contributed by atoms with Crippen molar-refractivity contribution in [3.05, 3.63) is 100 Å². The number of hydrogen-bond donors (Lipinski definition) is 0. The summed E-state index contributed by atoms with van der Waals surface area (Å²) >= 11 is 1.59. The maximum Gasteiger partial charge on any atom is 0.262 e. The third-order valence-corrected chi connectivity index (χ3v) is 5.43. The van der Waals surface area contributed by atoms with Crippen LogP contribution in [0.25, 0.3) is 10.9 Å². The lowest BCUT2D eigenvalue weighted by atomic mass is 10.2. The second kappa shape index (κ2) is 7.76. The molecule has 0 aliphatic heterocycles. The molecule has 0 aliphatic carbocycles. The van der Waals surface area contributed by atoms with Gasteiger partial charge in [0.05, 0.1) is 17.4 Å². The van der Waals surface area contributed by atoms with Crippen LogP contribution in [-0.2, 0) is 12.3 Å². The molecule has 0 unspecified atom stereocenters. The average Bonchev–Trinajstić information content (AvgIpc) is 2.71. The van der Waals surface area contributed by atoms with E-state index in [9.17, 15) is 4.79 Å². The molecule has 0 radical (unpaired) electrons. The largest absolute Gasteiger partial charge is 0.283 e. The highest BCUT2D eigenvalue weighted by atomic mass is 32.2. The lowest BCUT2D eigenvalue weighted by Gasteiger charge is -2.13. The zero-order valence-corrected chi connectivity index (χ0v) is 15.8. The summed E-state index contributed by atoms with van der Waals surface area (Å²) in [5.41, 5.74) is 4.14. The van der Waals surface area contributed by atoms with Crippen LogP contribution in [0, 0.1) is 6.92 Å². The zero-order chi connectivity index (χ0) is 18.6. The van der Waals surface area contributed by atoms with E-state index in [2.05, 4.69) is 36.2 Å². The SMILES string of the molecule is Cc1ccc(CSc2nc3ccccc3c(=O)n2Cc2cccnc2)cc1. The Bertz CT molecular complexity index is 1120. The van der Waals surface area contributed by atoms with Crippen LogP contribution in [-0.4, -0.2) is 14.5 Å². The van der Waals surface area contributed by atoms with E-state index < -0.39 is 0 Å². The van der Waals surface area contributed by atoms with Crippen LogP contribution in [0.2, 0.25) is 0 Å². The van der Waals surface area contributed by atoms with Crippen LogP contribution in [0.15, 0.2) is 83.0 Å². The van der Waals surface area contributed by atoms with E-state index in [1.807, 2.05) is 36.4 Å². The molecule has 0 saturated heterocycles. The molecule has 5 heteroatoms. The molecular formula is C22H19N3OS. The predicted octanol–water partition coefficient (Wildman–Crippen LogP) is 4.44. The number of pyridine rings is 1. The lowest BCUT2D eigenvalue weighted by molar-refractivity contribution is 0.656. The Balaban J connectivity index is 1.73. The van der Waals surface area contributed by atoms with Crippen molar-refractivity contribution in [1.82, 2.24) is 14.5 Å². The summed E-state index contributed by atoms with van der Waals surface area (Å²) in [6, 6.07) is 19.8. The number of para-hydroxylation sites is 1. The summed E-state index contributed by atoms with van der Waals surface area (Å²) in [5.74, 6) is 0.762. The van der Waals surface area contributed by atoms with Gasteiger partial charge in [0.1, 0.15) is 0 Å². The molecule has 0 amide bonds. The van der Waals surface area contributed by atoms with Gasteiger partial charge in [-0.25, -0.2) is 4.98 Å². The van der Waals surface area contributed by atoms with Gasteiger partial charge in [-0.1, -0.05) is 59.8 Å². The Morgan fingerprint density at radius 2 is 1.78 bits per heavy atom. The van der Waals surface area contributed by atoms with Crippen LogP contribution in [0.1, 0.15) is 16.7 Å². The van der Waals surface area contributed by atoms with Crippen molar-refractivity contribution in [1.29, 1.82) is 0 Å². The van der Waals surface area contributed by atoms with Gasteiger partial charge < -0.3 is 0 Å². The fraction of sp³-hybridized carbons (Fsp3) is 0.136. The maximum atomic E-state index is 13.1. The summed E-state index contributed by atoms with van der Waals surface area (Å²) in [4.78, 5) is 22.0. The highest BCUT2D eigenvalue weighted by Crippen LogP contribution is 2.23. The van der Waals surface area contributed by atoms with Gasteiger partial charge in [-0.2, -0.15) is 0 Å². The molecule has 0 bridgehead atoms. The summed E-state index contributed by atoms with van der Waals surface area (Å²) in [6.45, 7) is 2.54. The van der Waals surface area contributed by atoms with Gasteiger partial charge in [0.25, 0.3) is 5.56 Å². The van der Waals surface area contributed by atoms with Crippen molar-refractivity contribution in [2.24, 2.45) is 0 Å². The van der Waals surface area contributed by atoms with Crippen molar-refractivity contribution in [2.75, 3.05) is 0 Å². The van der Waals surface area contributed by atoms with Gasteiger partial charge in [0.2, 0.25) is 0 Å². The van der Waals surface area contributed by atoms with Gasteiger partial charge in [0.15, 0.2) is 5.16 Å². The molecule has 0 N–H and O–H groups in total. The lowest BCUT2D eigenvalue weighted by Crippen LogP contribution is -2.24. The predicted molar refractivity (Wildman–Crippen MR) is 110 cm³/mol. The molecule has 2 aromatic heterocycles. The highest BCUT2D eigenvalue weighted by Gasteiger charge is 2.12. The third kappa shape index (κ3) is 3.93. The molecular weight excluding hydrogens is 354 g/mol. The minimum atomic E-state index is -0.0177. The number of aromatic nitrogens is 3. The number of benzene rings is 2. The number of fused-ring (bicyclic) bond motifs is 1. The van der Waals surface area contributed by atoms with Crippen molar-refractivity contribution in [3.8, 4) is 0 Å². The van der Waals surface area contributed by atoms with Crippen LogP contribution in [0.5, 0.6) is 0 Å². The molecule has 0 atom stereocenters. The average molecular weight is 373 g/mol. The summed E-state index contributed by atoms with van der Waals surface area (Å²) in [7, 11) is 0. The Labute approximate surface area is 161 Å². The van der Waals surface area contributed by atoms with Gasteiger partial charge in [-0.15, -0.1) is 0 Å². The van der Waals surface area contributed by atoms with Crippen molar-refractivity contribution >= 4 is 22.7 Å². The summed E-state index contributed by atoms with van der Waals surface area (Å²) < 4.78 is 1.75. The Morgan fingerprint density at radius 3 is 2.56 bits per heavy atom. The van der Waals surface area contributed by atoms with Crippen LogP contribution in [0.4, 0.5) is 0 Å². The molecule has 134 valence electrons. The smallest absolute Gasteiger partial charge is 0.262 e.